The average molecular weight is 459 g/mol. The lowest BCUT2D eigenvalue weighted by molar-refractivity contribution is -0.116. The molecule has 0 atom stereocenters. The van der Waals surface area contributed by atoms with E-state index in [9.17, 15) is 22.8 Å². The molecule has 13 heteroatoms. The normalized spacial score (nSPS) is 13.9. The number of hydrogen-bond acceptors (Lipinski definition) is 7. The van der Waals surface area contributed by atoms with Gasteiger partial charge in [0.15, 0.2) is 11.2 Å². The topological polar surface area (TPSA) is 149 Å². The van der Waals surface area contributed by atoms with Gasteiger partial charge in [-0.2, -0.15) is 0 Å². The number of rotatable bonds is 5. The molecule has 0 saturated carbocycles. The van der Waals surface area contributed by atoms with Crippen LogP contribution in [-0.4, -0.2) is 45.4 Å². The van der Waals surface area contributed by atoms with Crippen LogP contribution in [-0.2, 0) is 35.5 Å². The van der Waals surface area contributed by atoms with Crippen molar-refractivity contribution in [3.8, 4) is 0 Å². The molecule has 0 aliphatic carbocycles. The van der Waals surface area contributed by atoms with Crippen molar-refractivity contribution in [2.24, 2.45) is 19.1 Å². The van der Waals surface area contributed by atoms with E-state index in [1.54, 1.807) is 6.07 Å². The zero-order valence-corrected chi connectivity index (χ0v) is 18.2. The van der Waals surface area contributed by atoms with E-state index in [4.69, 9.17) is 0 Å². The van der Waals surface area contributed by atoms with Crippen molar-refractivity contribution >= 4 is 38.6 Å². The first-order chi connectivity index (χ1) is 15.2. The molecule has 0 bridgehead atoms. The highest BCUT2D eigenvalue weighted by Crippen LogP contribution is 2.17. The van der Waals surface area contributed by atoms with Crippen LogP contribution in [0.1, 0.15) is 12.8 Å². The molecule has 168 valence electrons. The minimum atomic E-state index is -3.82. The van der Waals surface area contributed by atoms with Crippen LogP contribution in [0.5, 0.6) is 0 Å². The summed E-state index contributed by atoms with van der Waals surface area (Å²) >= 11 is 0. The minimum absolute atomic E-state index is 0.0122. The molecule has 0 unspecified atom stereocenters. The van der Waals surface area contributed by atoms with Crippen molar-refractivity contribution in [2.75, 3.05) is 11.9 Å². The van der Waals surface area contributed by atoms with E-state index in [2.05, 4.69) is 20.0 Å². The summed E-state index contributed by atoms with van der Waals surface area (Å²) in [7, 11) is -0.993. The number of carbonyl (C=O) groups is 1. The third-order valence-electron chi connectivity index (χ3n) is 5.09. The fourth-order valence-electron chi connectivity index (χ4n) is 3.45. The molecule has 1 amide bonds. The van der Waals surface area contributed by atoms with Crippen molar-refractivity contribution in [3.05, 3.63) is 51.4 Å². The number of amidine groups is 1. The van der Waals surface area contributed by atoms with Gasteiger partial charge in [0.2, 0.25) is 5.91 Å². The molecule has 1 aromatic carbocycles. The lowest BCUT2D eigenvalue weighted by atomic mass is 10.3. The molecule has 2 N–H and O–H groups in total. The maximum atomic E-state index is 12.6. The number of amides is 1. The molecule has 0 saturated heterocycles. The number of imidazole rings is 1. The van der Waals surface area contributed by atoms with E-state index in [-0.39, 0.29) is 28.3 Å². The van der Waals surface area contributed by atoms with Crippen LogP contribution in [0.2, 0.25) is 0 Å². The highest BCUT2D eigenvalue weighted by molar-refractivity contribution is 7.90. The molecule has 0 radical (unpaired) electrons. The monoisotopic (exact) mass is 459 g/mol. The lowest BCUT2D eigenvalue weighted by Crippen LogP contribution is -2.37. The molecule has 1 aliphatic rings. The third-order valence-corrected chi connectivity index (χ3v) is 6.46. The number of benzene rings is 1. The molecule has 12 nitrogen and oxygen atoms in total. The predicted octanol–water partition coefficient (Wildman–Crippen LogP) is -0.457. The number of nitrogens with zero attached hydrogens (tertiary/aromatic N) is 5. The first-order valence-corrected chi connectivity index (χ1v) is 11.2. The highest BCUT2D eigenvalue weighted by atomic mass is 32.2. The van der Waals surface area contributed by atoms with E-state index in [1.807, 2.05) is 0 Å². The maximum Gasteiger partial charge on any atom is 0.332 e. The smallest absolute Gasteiger partial charge is 0.324 e. The van der Waals surface area contributed by atoms with Crippen LogP contribution in [0.3, 0.4) is 0 Å². The molecule has 1 aliphatic heterocycles. The quantitative estimate of drug-likeness (QED) is 0.527. The zero-order valence-electron chi connectivity index (χ0n) is 17.4. The van der Waals surface area contributed by atoms with Gasteiger partial charge < -0.3 is 9.88 Å². The number of sulfonamides is 1. The Morgan fingerprint density at radius 2 is 1.97 bits per heavy atom. The molecule has 2 aromatic heterocycles. The van der Waals surface area contributed by atoms with E-state index in [0.717, 1.165) is 11.0 Å². The fraction of sp³-hybridized carbons (Fsp3) is 0.316. The lowest BCUT2D eigenvalue weighted by Gasteiger charge is -2.11. The van der Waals surface area contributed by atoms with E-state index in [1.165, 1.54) is 47.8 Å². The van der Waals surface area contributed by atoms with E-state index < -0.39 is 27.2 Å². The maximum absolute atomic E-state index is 12.6. The molecular weight excluding hydrogens is 438 g/mol. The number of aryl methyl sites for hydroxylation is 1. The Kier molecular flexibility index (Phi) is 5.42. The van der Waals surface area contributed by atoms with Crippen LogP contribution in [0.4, 0.5) is 5.69 Å². The summed E-state index contributed by atoms with van der Waals surface area (Å²) < 4.78 is 31.1. The Morgan fingerprint density at radius 1 is 1.19 bits per heavy atom. The first-order valence-electron chi connectivity index (χ1n) is 9.74. The largest absolute Gasteiger partial charge is 0.332 e. The Balaban J connectivity index is 1.55. The molecule has 0 spiro atoms. The Bertz CT molecular complexity index is 1480. The van der Waals surface area contributed by atoms with Gasteiger partial charge in [-0.15, -0.1) is 0 Å². The number of aliphatic imine (C=N–C) groups is 1. The Morgan fingerprint density at radius 3 is 2.69 bits per heavy atom. The van der Waals surface area contributed by atoms with Crippen molar-refractivity contribution in [3.63, 3.8) is 0 Å². The van der Waals surface area contributed by atoms with Crippen molar-refractivity contribution < 1.29 is 13.2 Å². The van der Waals surface area contributed by atoms with E-state index >= 15 is 0 Å². The second-order valence-corrected chi connectivity index (χ2v) is 9.05. The molecule has 0 fully saturated rings. The van der Waals surface area contributed by atoms with Gasteiger partial charge in [0.25, 0.3) is 15.6 Å². The SMILES string of the molecule is Cn1c(=O)c2c(ncn2CC(=O)Nc2cccc(S(=O)(=O)NC3=NCCC3)c2)n(C)c1=O. The standard InChI is InChI=1S/C19H21N7O5S/c1-24-17-16(18(28)25(2)19(24)29)26(11-21-17)10-15(27)22-12-5-3-6-13(9-12)32(30,31)23-14-7-4-8-20-14/h3,5-6,9,11H,4,7-8,10H2,1-2H3,(H,20,23)(H,22,27). The van der Waals surface area contributed by atoms with Crippen LogP contribution >= 0.6 is 0 Å². The van der Waals surface area contributed by atoms with Crippen molar-refractivity contribution in [1.82, 2.24) is 23.4 Å². The Hall–Kier alpha value is -3.74. The number of aromatic nitrogens is 4. The molecule has 3 heterocycles. The minimum Gasteiger partial charge on any atom is -0.324 e. The Labute approximate surface area is 182 Å². The summed E-state index contributed by atoms with van der Waals surface area (Å²) in [5.74, 6) is -0.0784. The predicted molar refractivity (Wildman–Crippen MR) is 117 cm³/mol. The summed E-state index contributed by atoms with van der Waals surface area (Å²) in [6.07, 6.45) is 2.67. The van der Waals surface area contributed by atoms with Gasteiger partial charge in [0.05, 0.1) is 11.2 Å². The summed E-state index contributed by atoms with van der Waals surface area (Å²) in [4.78, 5) is 45.3. The second-order valence-electron chi connectivity index (χ2n) is 7.36. The van der Waals surface area contributed by atoms with Gasteiger partial charge in [-0.3, -0.25) is 28.4 Å². The number of nitrogens with one attached hydrogen (secondary N) is 2. The van der Waals surface area contributed by atoms with Gasteiger partial charge in [-0.05, 0) is 24.6 Å². The van der Waals surface area contributed by atoms with Crippen molar-refractivity contribution in [1.29, 1.82) is 0 Å². The molecular formula is C19H21N7O5S. The van der Waals surface area contributed by atoms with Crippen molar-refractivity contribution in [2.45, 2.75) is 24.3 Å². The third kappa shape index (κ3) is 3.93. The van der Waals surface area contributed by atoms with Crippen LogP contribution in [0, 0.1) is 0 Å². The van der Waals surface area contributed by atoms with Crippen LogP contribution in [0.25, 0.3) is 11.2 Å². The fourth-order valence-corrected chi connectivity index (χ4v) is 4.58. The van der Waals surface area contributed by atoms with Gasteiger partial charge in [-0.1, -0.05) is 6.07 Å². The number of carbonyl (C=O) groups excluding carboxylic acids is 1. The second kappa shape index (κ2) is 8.07. The summed E-state index contributed by atoms with van der Waals surface area (Å²) in [6.45, 7) is 0.337. The summed E-state index contributed by atoms with van der Waals surface area (Å²) in [5, 5.41) is 2.62. The zero-order chi connectivity index (χ0) is 23.0. The molecule has 4 rings (SSSR count). The summed E-state index contributed by atoms with van der Waals surface area (Å²) in [6, 6.07) is 5.82. The first kappa shape index (κ1) is 21.5. The van der Waals surface area contributed by atoms with Gasteiger partial charge >= 0.3 is 5.69 Å². The van der Waals surface area contributed by atoms with E-state index in [0.29, 0.717) is 18.8 Å². The summed E-state index contributed by atoms with van der Waals surface area (Å²) in [5.41, 5.74) is -0.534. The van der Waals surface area contributed by atoms with Gasteiger partial charge in [0.1, 0.15) is 12.4 Å². The number of anilines is 1. The highest BCUT2D eigenvalue weighted by Gasteiger charge is 2.19. The molecule has 32 heavy (non-hydrogen) atoms. The van der Waals surface area contributed by atoms with Crippen LogP contribution in [0.15, 0.2) is 50.1 Å². The molecule has 3 aromatic rings. The number of fused-ring (bicyclic) bond motifs is 1. The van der Waals surface area contributed by atoms with Crippen LogP contribution < -0.4 is 21.3 Å². The number of hydrogen-bond donors (Lipinski definition) is 2. The van der Waals surface area contributed by atoms with Gasteiger partial charge in [0, 0.05) is 32.7 Å². The average Bonchev–Trinajstić information content (AvgIpc) is 3.40. The van der Waals surface area contributed by atoms with Gasteiger partial charge in [-0.25, -0.2) is 18.2 Å².